The van der Waals surface area contributed by atoms with Gasteiger partial charge < -0.3 is 48.0 Å². The number of benzene rings is 2. The molecule has 1 fully saturated rings. The Bertz CT molecular complexity index is 1970. The summed E-state index contributed by atoms with van der Waals surface area (Å²) in [5.41, 5.74) is 22.9. The van der Waals surface area contributed by atoms with Crippen LogP contribution in [0.4, 0.5) is 4.79 Å². The fourth-order valence-electron chi connectivity index (χ4n) is 6.52. The Morgan fingerprint density at radius 3 is 2.29 bits per heavy atom. The number of hydrazine groups is 1. The molecule has 5 atom stereocenters. The zero-order valence-electron chi connectivity index (χ0n) is 31.2. The van der Waals surface area contributed by atoms with Crippen LogP contribution in [0.25, 0.3) is 10.9 Å². The van der Waals surface area contributed by atoms with Gasteiger partial charge in [-0.05, 0) is 49.9 Å². The van der Waals surface area contributed by atoms with Crippen molar-refractivity contribution in [1.82, 2.24) is 46.2 Å². The fraction of sp³-hybridized carbons (Fsp3) is 0.395. The molecule has 0 aliphatic carbocycles. The molecular weight excluding hydrogens is 720 g/mol. The summed E-state index contributed by atoms with van der Waals surface area (Å²) < 4.78 is 0. The number of hydrogen-bond donors (Lipinski definition) is 9. The lowest BCUT2D eigenvalue weighted by Crippen LogP contribution is -2.58. The highest BCUT2D eigenvalue weighted by Crippen LogP contribution is 2.20. The van der Waals surface area contributed by atoms with Crippen molar-refractivity contribution >= 4 is 46.5 Å². The number of H-pyrrole nitrogens is 2. The van der Waals surface area contributed by atoms with Gasteiger partial charge in [0.2, 0.25) is 23.6 Å². The molecule has 0 spiro atoms. The standard InChI is InChI=1S/C38H50N12O6/c1-23(45-36(54)31(18-25-20-43-29-12-6-5-11-27(25)29)47-35(53)28(40)19-26-21-42-22-44-26)34(52)48-50-16-15-49(38(50)56)32(17-24-9-3-2-4-10-24)37(55)46-30(33(41)51)13-7-8-14-39/h2-6,9-12,20-23,28,30-32,43H,7-8,13-19,39-40H2,1H3,(H2,41,51)(H,42,44)(H,45,54)(H,46,55)(H,47,53)(H,48,52)/t23-,28-,30-,31+,32+/m0/s1. The number of urea groups is 1. The molecule has 56 heavy (non-hydrogen) atoms. The molecule has 3 heterocycles. The minimum atomic E-state index is -1.15. The highest BCUT2D eigenvalue weighted by molar-refractivity contribution is 5.95. The van der Waals surface area contributed by atoms with E-state index in [1.807, 2.05) is 54.6 Å². The Balaban J connectivity index is 1.25. The molecule has 18 nitrogen and oxygen atoms in total. The van der Waals surface area contributed by atoms with E-state index in [2.05, 4.69) is 36.3 Å². The van der Waals surface area contributed by atoms with Crippen LogP contribution in [0.3, 0.4) is 0 Å². The number of nitrogens with one attached hydrogen (secondary N) is 6. The van der Waals surface area contributed by atoms with E-state index >= 15 is 0 Å². The van der Waals surface area contributed by atoms with Gasteiger partial charge in [0, 0.05) is 54.8 Å². The van der Waals surface area contributed by atoms with Crippen LogP contribution in [-0.4, -0.2) is 110 Å². The van der Waals surface area contributed by atoms with E-state index < -0.39 is 65.8 Å². The first-order valence-corrected chi connectivity index (χ1v) is 18.6. The third-order valence-electron chi connectivity index (χ3n) is 9.66. The number of nitrogens with two attached hydrogens (primary N) is 3. The van der Waals surface area contributed by atoms with Crippen molar-refractivity contribution in [3.63, 3.8) is 0 Å². The third kappa shape index (κ3) is 10.7. The first-order valence-electron chi connectivity index (χ1n) is 18.6. The van der Waals surface area contributed by atoms with Crippen molar-refractivity contribution in [2.45, 2.75) is 75.7 Å². The number of nitrogens with zero attached hydrogens (tertiary/aromatic N) is 3. The molecule has 7 amide bonds. The lowest BCUT2D eigenvalue weighted by Gasteiger charge is -2.29. The maximum Gasteiger partial charge on any atom is 0.339 e. The number of rotatable bonds is 20. The Morgan fingerprint density at radius 1 is 0.839 bits per heavy atom. The molecule has 0 radical (unpaired) electrons. The van der Waals surface area contributed by atoms with Gasteiger partial charge in [-0.2, -0.15) is 0 Å². The van der Waals surface area contributed by atoms with Crippen LogP contribution in [0.15, 0.2) is 73.3 Å². The van der Waals surface area contributed by atoms with Gasteiger partial charge in [-0.15, -0.1) is 0 Å². The lowest BCUT2D eigenvalue weighted by molar-refractivity contribution is -0.133. The quantitative estimate of drug-likeness (QED) is 0.0522. The minimum Gasteiger partial charge on any atom is -0.368 e. The summed E-state index contributed by atoms with van der Waals surface area (Å²) in [7, 11) is 0. The van der Waals surface area contributed by atoms with Gasteiger partial charge in [-0.25, -0.2) is 14.8 Å². The maximum atomic E-state index is 13.8. The van der Waals surface area contributed by atoms with Gasteiger partial charge in [0.1, 0.15) is 24.2 Å². The Kier molecular flexibility index (Phi) is 14.1. The van der Waals surface area contributed by atoms with E-state index in [-0.39, 0.29) is 32.4 Å². The largest absolute Gasteiger partial charge is 0.368 e. The second-order valence-electron chi connectivity index (χ2n) is 13.8. The summed E-state index contributed by atoms with van der Waals surface area (Å²) in [5.74, 6) is -3.21. The Hall–Kier alpha value is -6.27. The zero-order valence-corrected chi connectivity index (χ0v) is 31.2. The van der Waals surface area contributed by atoms with Gasteiger partial charge in [-0.1, -0.05) is 48.5 Å². The van der Waals surface area contributed by atoms with Gasteiger partial charge >= 0.3 is 6.03 Å². The first kappa shape index (κ1) is 40.9. The molecule has 1 aliphatic rings. The molecular formula is C38H50N12O6. The number of aromatic amines is 2. The second kappa shape index (κ2) is 19.4. The van der Waals surface area contributed by atoms with Crippen molar-refractivity contribution in [2.75, 3.05) is 19.6 Å². The highest BCUT2D eigenvalue weighted by atomic mass is 16.2. The second-order valence-corrected chi connectivity index (χ2v) is 13.8. The molecule has 18 heteroatoms. The molecule has 0 unspecified atom stereocenters. The van der Waals surface area contributed by atoms with Gasteiger partial charge in [0.05, 0.1) is 18.9 Å². The number of imidazole rings is 1. The van der Waals surface area contributed by atoms with Gasteiger partial charge in [0.25, 0.3) is 5.91 Å². The van der Waals surface area contributed by atoms with Crippen molar-refractivity contribution in [1.29, 1.82) is 0 Å². The van der Waals surface area contributed by atoms with Crippen LogP contribution < -0.4 is 38.6 Å². The molecule has 4 aromatic rings. The summed E-state index contributed by atoms with van der Waals surface area (Å²) in [6, 6.07) is 10.7. The predicted molar refractivity (Wildman–Crippen MR) is 207 cm³/mol. The van der Waals surface area contributed by atoms with Crippen LogP contribution in [0, 0.1) is 0 Å². The van der Waals surface area contributed by atoms with Crippen molar-refractivity contribution < 1.29 is 28.8 Å². The molecule has 5 rings (SSSR count). The summed E-state index contributed by atoms with van der Waals surface area (Å²) in [4.78, 5) is 91.4. The SMILES string of the molecule is C[C@H](NC(=O)[C@@H](Cc1c[nH]c2ccccc12)NC(=O)[C@@H](N)Cc1cnc[nH]1)C(=O)NN1CCN([C@H](Cc2ccccc2)C(=O)N[C@@H](CCCCN)C(N)=O)C1=O. The molecule has 1 saturated heterocycles. The monoisotopic (exact) mass is 770 g/mol. The molecule has 0 saturated carbocycles. The minimum absolute atomic E-state index is 0.0347. The summed E-state index contributed by atoms with van der Waals surface area (Å²) >= 11 is 0. The molecule has 1 aliphatic heterocycles. The number of unbranched alkanes of at least 4 members (excludes halogenated alkanes) is 1. The summed E-state index contributed by atoms with van der Waals surface area (Å²) in [6.07, 6.45) is 6.66. The van der Waals surface area contributed by atoms with Crippen molar-refractivity contribution in [3.8, 4) is 0 Å². The number of hydrogen-bond acceptors (Lipinski definition) is 9. The normalized spacial score (nSPS) is 15.4. The molecule has 298 valence electrons. The first-order chi connectivity index (χ1) is 26.9. The van der Waals surface area contributed by atoms with Gasteiger partial charge in [0.15, 0.2) is 0 Å². The number of para-hydroxylation sites is 1. The van der Waals surface area contributed by atoms with Crippen LogP contribution in [0.1, 0.15) is 43.0 Å². The number of carbonyl (C=O) groups is 6. The number of amides is 7. The van der Waals surface area contributed by atoms with E-state index in [1.165, 1.54) is 18.2 Å². The fourth-order valence-corrected chi connectivity index (χ4v) is 6.52. The van der Waals surface area contributed by atoms with Crippen molar-refractivity contribution in [3.05, 3.63) is 90.1 Å². The van der Waals surface area contributed by atoms with Crippen LogP contribution in [-0.2, 0) is 43.2 Å². The highest BCUT2D eigenvalue weighted by Gasteiger charge is 2.40. The smallest absolute Gasteiger partial charge is 0.339 e. The van der Waals surface area contributed by atoms with Crippen molar-refractivity contribution in [2.24, 2.45) is 17.2 Å². The average molecular weight is 771 g/mol. The summed E-state index contributed by atoms with van der Waals surface area (Å²) in [6.45, 7) is 1.98. The molecule has 12 N–H and O–H groups in total. The maximum absolute atomic E-state index is 13.8. The lowest BCUT2D eigenvalue weighted by atomic mass is 10.0. The van der Waals surface area contributed by atoms with E-state index in [4.69, 9.17) is 17.2 Å². The van der Waals surface area contributed by atoms with Gasteiger partial charge in [-0.3, -0.25) is 29.4 Å². The summed E-state index contributed by atoms with van der Waals surface area (Å²) in [5, 5.41) is 10.0. The predicted octanol–water partition coefficient (Wildman–Crippen LogP) is -0.528. The number of primary amides is 1. The van der Waals surface area contributed by atoms with E-state index in [0.717, 1.165) is 27.0 Å². The van der Waals surface area contributed by atoms with E-state index in [1.54, 1.807) is 12.4 Å². The molecule has 0 bridgehead atoms. The molecule has 2 aromatic heterocycles. The number of carbonyl (C=O) groups excluding carboxylic acids is 6. The average Bonchev–Trinajstić information content (AvgIpc) is 3.94. The third-order valence-corrected chi connectivity index (χ3v) is 9.66. The molecule has 2 aromatic carbocycles. The zero-order chi connectivity index (χ0) is 40.2. The Labute approximate surface area is 323 Å². The topological polar surface area (TPSA) is 280 Å². The van der Waals surface area contributed by atoms with E-state index in [9.17, 15) is 28.8 Å². The van der Waals surface area contributed by atoms with E-state index in [0.29, 0.717) is 31.5 Å². The van der Waals surface area contributed by atoms with Crippen LogP contribution in [0.2, 0.25) is 0 Å². The Morgan fingerprint density at radius 2 is 1.57 bits per heavy atom. The van der Waals surface area contributed by atoms with Crippen LogP contribution >= 0.6 is 0 Å². The number of aromatic nitrogens is 3. The number of fused-ring (bicyclic) bond motifs is 1. The van der Waals surface area contributed by atoms with Crippen LogP contribution in [0.5, 0.6) is 0 Å².